The minimum Gasteiger partial charge on any atom is -0.450 e. The number of alkyl carbamates (subject to hydrolysis) is 1. The van der Waals surface area contributed by atoms with Crippen molar-refractivity contribution in [2.75, 3.05) is 26.7 Å². The number of benzene rings is 2. The number of hydrogen-bond donors (Lipinski definition) is 1. The number of para-hydroxylation sites is 1. The number of ether oxygens (including phenoxy) is 1. The number of nitro benzene ring substituents is 1. The molecule has 0 unspecified atom stereocenters. The lowest BCUT2D eigenvalue weighted by Gasteiger charge is -2.20. The highest BCUT2D eigenvalue weighted by Gasteiger charge is 2.17. The highest BCUT2D eigenvalue weighted by Crippen LogP contribution is 2.19. The molecule has 0 saturated heterocycles. The molecule has 0 atom stereocenters. The van der Waals surface area contributed by atoms with Crippen LogP contribution in [0, 0.1) is 10.1 Å². The summed E-state index contributed by atoms with van der Waals surface area (Å²) in [7, 11) is 1.84. The Morgan fingerprint density at radius 1 is 1.26 bits per heavy atom. The summed E-state index contributed by atoms with van der Waals surface area (Å²) in [6, 6.07) is 13.1. The average Bonchev–Trinajstić information content (AvgIpc) is 2.74. The Hall–Kier alpha value is -3.79. The first kappa shape index (κ1) is 21.9. The van der Waals surface area contributed by atoms with E-state index in [1.807, 2.05) is 18.0 Å². The smallest absolute Gasteiger partial charge is 0.407 e. The molecule has 0 radical (unpaired) electrons. The molecule has 0 saturated carbocycles. The molecule has 3 rings (SSSR count). The summed E-state index contributed by atoms with van der Waals surface area (Å²) >= 11 is 0. The predicted molar refractivity (Wildman–Crippen MR) is 115 cm³/mol. The lowest BCUT2D eigenvalue weighted by molar-refractivity contribution is -0.384. The Labute approximate surface area is 178 Å². The largest absolute Gasteiger partial charge is 0.450 e. The van der Waals surface area contributed by atoms with Gasteiger partial charge in [-0.15, -0.1) is 0 Å². The Balaban J connectivity index is 1.96. The molecule has 0 bridgehead atoms. The van der Waals surface area contributed by atoms with E-state index in [4.69, 9.17) is 4.74 Å². The molecule has 1 heterocycles. The predicted octanol–water partition coefficient (Wildman–Crippen LogP) is 2.47. The summed E-state index contributed by atoms with van der Waals surface area (Å²) in [5, 5.41) is 14.0. The van der Waals surface area contributed by atoms with Crippen LogP contribution in [-0.4, -0.2) is 52.2 Å². The minimum absolute atomic E-state index is 0.166. The first-order valence-corrected chi connectivity index (χ1v) is 9.75. The molecule has 2 aromatic carbocycles. The monoisotopic (exact) mass is 425 g/mol. The molecule has 3 aromatic rings. The first-order chi connectivity index (χ1) is 14.9. The van der Waals surface area contributed by atoms with Crippen molar-refractivity contribution in [3.8, 4) is 5.69 Å². The second-order valence-corrected chi connectivity index (χ2v) is 6.85. The van der Waals surface area contributed by atoms with E-state index in [2.05, 4.69) is 10.3 Å². The van der Waals surface area contributed by atoms with Crippen LogP contribution in [0.1, 0.15) is 12.7 Å². The number of likely N-dealkylation sites (N-methyl/N-ethyl adjacent to an activating group) is 1. The van der Waals surface area contributed by atoms with Crippen molar-refractivity contribution in [1.82, 2.24) is 19.8 Å². The lowest BCUT2D eigenvalue weighted by atomic mass is 10.2. The molecule has 0 spiro atoms. The van der Waals surface area contributed by atoms with Gasteiger partial charge in [0.15, 0.2) is 0 Å². The van der Waals surface area contributed by atoms with Gasteiger partial charge in [0.2, 0.25) is 0 Å². The number of non-ortho nitro benzene ring substituents is 1. The Kier molecular flexibility index (Phi) is 6.93. The molecule has 0 aliphatic heterocycles. The molecule has 0 aliphatic rings. The van der Waals surface area contributed by atoms with Gasteiger partial charge < -0.3 is 10.1 Å². The van der Waals surface area contributed by atoms with Crippen LogP contribution in [0.5, 0.6) is 0 Å². The molecule has 1 amide bonds. The van der Waals surface area contributed by atoms with Gasteiger partial charge in [-0.2, -0.15) is 0 Å². The number of carbonyl (C=O) groups is 1. The molecular weight excluding hydrogens is 402 g/mol. The highest BCUT2D eigenvalue weighted by atomic mass is 16.6. The summed E-state index contributed by atoms with van der Waals surface area (Å²) in [4.78, 5) is 41.8. The Morgan fingerprint density at radius 2 is 2.00 bits per heavy atom. The number of hydrogen-bond acceptors (Lipinski definition) is 7. The van der Waals surface area contributed by atoms with Gasteiger partial charge in [-0.05, 0) is 32.2 Å². The normalized spacial score (nSPS) is 10.9. The van der Waals surface area contributed by atoms with Gasteiger partial charge in [-0.3, -0.25) is 24.4 Å². The van der Waals surface area contributed by atoms with Crippen molar-refractivity contribution in [3.05, 3.63) is 74.8 Å². The summed E-state index contributed by atoms with van der Waals surface area (Å²) in [5.74, 6) is 0.483. The summed E-state index contributed by atoms with van der Waals surface area (Å²) in [5.41, 5.74) is 0.450. The summed E-state index contributed by atoms with van der Waals surface area (Å²) in [6.07, 6.45) is -0.484. The van der Waals surface area contributed by atoms with Crippen molar-refractivity contribution in [2.24, 2.45) is 0 Å². The van der Waals surface area contributed by atoms with Crippen molar-refractivity contribution < 1.29 is 14.5 Å². The molecule has 1 aromatic heterocycles. The van der Waals surface area contributed by atoms with Crippen LogP contribution in [0.4, 0.5) is 10.5 Å². The zero-order valence-electron chi connectivity index (χ0n) is 17.3. The highest BCUT2D eigenvalue weighted by molar-refractivity contribution is 5.80. The molecule has 31 heavy (non-hydrogen) atoms. The third-order valence-electron chi connectivity index (χ3n) is 4.60. The van der Waals surface area contributed by atoms with Crippen molar-refractivity contribution in [3.63, 3.8) is 0 Å². The number of nitro groups is 1. The van der Waals surface area contributed by atoms with E-state index in [-0.39, 0.29) is 16.6 Å². The van der Waals surface area contributed by atoms with Crippen LogP contribution in [0.15, 0.2) is 53.3 Å². The van der Waals surface area contributed by atoms with Crippen LogP contribution in [0.2, 0.25) is 0 Å². The molecule has 162 valence electrons. The third-order valence-corrected chi connectivity index (χ3v) is 4.60. The van der Waals surface area contributed by atoms with Crippen LogP contribution in [0.25, 0.3) is 16.6 Å². The number of nitrogens with zero attached hydrogens (tertiary/aromatic N) is 4. The first-order valence-electron chi connectivity index (χ1n) is 9.75. The van der Waals surface area contributed by atoms with E-state index in [1.54, 1.807) is 31.2 Å². The maximum atomic E-state index is 13.3. The van der Waals surface area contributed by atoms with Crippen molar-refractivity contribution >= 4 is 22.7 Å². The number of aromatic nitrogens is 2. The Morgan fingerprint density at radius 3 is 2.68 bits per heavy atom. The molecule has 0 aliphatic carbocycles. The molecular formula is C21H23N5O5. The zero-order valence-corrected chi connectivity index (χ0v) is 17.3. The minimum atomic E-state index is -0.538. The van der Waals surface area contributed by atoms with Crippen LogP contribution < -0.4 is 10.9 Å². The van der Waals surface area contributed by atoms with E-state index in [0.717, 1.165) is 0 Å². The van der Waals surface area contributed by atoms with E-state index in [0.29, 0.717) is 43.3 Å². The fraction of sp³-hybridized carbons (Fsp3) is 0.286. The second-order valence-electron chi connectivity index (χ2n) is 6.85. The molecule has 10 nitrogen and oxygen atoms in total. The number of amides is 1. The van der Waals surface area contributed by atoms with E-state index in [1.165, 1.54) is 22.8 Å². The van der Waals surface area contributed by atoms with Gasteiger partial charge in [-0.1, -0.05) is 18.2 Å². The second kappa shape index (κ2) is 9.81. The topological polar surface area (TPSA) is 120 Å². The molecule has 1 N–H and O–H groups in total. The zero-order chi connectivity index (χ0) is 22.4. The van der Waals surface area contributed by atoms with Gasteiger partial charge in [0.25, 0.3) is 11.2 Å². The number of nitrogens with one attached hydrogen (secondary N) is 1. The average molecular weight is 425 g/mol. The summed E-state index contributed by atoms with van der Waals surface area (Å²) in [6.45, 7) is 3.22. The van der Waals surface area contributed by atoms with Crippen LogP contribution in [-0.2, 0) is 11.3 Å². The Bertz CT molecular complexity index is 1150. The third kappa shape index (κ3) is 5.23. The SMILES string of the molecule is CCOC(=O)NCCN(C)Cc1nc2ccc([N+](=O)[O-])cc2c(=O)n1-c1ccccc1. The quantitative estimate of drug-likeness (QED) is 0.435. The molecule has 10 heteroatoms. The standard InChI is InChI=1S/C21H23N5O5/c1-3-31-21(28)22-11-12-24(2)14-19-23-18-10-9-16(26(29)30)13-17(18)20(27)25(19)15-7-5-4-6-8-15/h4-10,13H,3,11-12,14H2,1-2H3,(H,22,28). The van der Waals surface area contributed by atoms with Gasteiger partial charge in [0, 0.05) is 25.2 Å². The maximum absolute atomic E-state index is 13.3. The van der Waals surface area contributed by atoms with Gasteiger partial charge in [-0.25, -0.2) is 9.78 Å². The lowest BCUT2D eigenvalue weighted by Crippen LogP contribution is -2.35. The van der Waals surface area contributed by atoms with E-state index >= 15 is 0 Å². The van der Waals surface area contributed by atoms with E-state index < -0.39 is 11.0 Å². The van der Waals surface area contributed by atoms with Gasteiger partial charge in [0.05, 0.1) is 34.7 Å². The summed E-state index contributed by atoms with van der Waals surface area (Å²) < 4.78 is 6.29. The van der Waals surface area contributed by atoms with Crippen LogP contribution >= 0.6 is 0 Å². The fourth-order valence-corrected chi connectivity index (χ4v) is 3.13. The van der Waals surface area contributed by atoms with Crippen LogP contribution in [0.3, 0.4) is 0 Å². The fourth-order valence-electron chi connectivity index (χ4n) is 3.13. The number of carbonyl (C=O) groups excluding carboxylic acids is 1. The van der Waals surface area contributed by atoms with Crippen molar-refractivity contribution in [2.45, 2.75) is 13.5 Å². The van der Waals surface area contributed by atoms with E-state index in [9.17, 15) is 19.7 Å². The van der Waals surface area contributed by atoms with Gasteiger partial charge in [0.1, 0.15) is 5.82 Å². The van der Waals surface area contributed by atoms with Crippen molar-refractivity contribution in [1.29, 1.82) is 0 Å². The number of fused-ring (bicyclic) bond motifs is 1. The maximum Gasteiger partial charge on any atom is 0.407 e. The number of rotatable bonds is 8. The molecule has 0 fully saturated rings. The van der Waals surface area contributed by atoms with Gasteiger partial charge >= 0.3 is 6.09 Å².